The Bertz CT molecular complexity index is 348. The predicted octanol–water partition coefficient (Wildman–Crippen LogP) is -0.570. The number of methoxy groups -OCH3 is 1. The van der Waals surface area contributed by atoms with Crippen molar-refractivity contribution < 1.29 is 14.9 Å². The normalized spacial score (nSPS) is 12.2. The molecule has 7 heteroatoms. The van der Waals surface area contributed by atoms with Gasteiger partial charge in [-0.3, -0.25) is 0 Å². The fourth-order valence-electron chi connectivity index (χ4n) is 1.20. The molecule has 0 aliphatic carbocycles. The lowest BCUT2D eigenvalue weighted by Crippen LogP contribution is -2.23. The first kappa shape index (κ1) is 13.6. The van der Waals surface area contributed by atoms with E-state index in [-0.39, 0.29) is 13.2 Å². The van der Waals surface area contributed by atoms with E-state index < -0.39 is 6.10 Å². The van der Waals surface area contributed by atoms with Crippen LogP contribution in [0.4, 0.5) is 11.6 Å². The Morgan fingerprint density at radius 2 is 2.12 bits per heavy atom. The lowest BCUT2D eigenvalue weighted by Gasteiger charge is -2.11. The van der Waals surface area contributed by atoms with E-state index in [1.807, 2.05) is 0 Å². The van der Waals surface area contributed by atoms with E-state index in [2.05, 4.69) is 20.6 Å². The van der Waals surface area contributed by atoms with Crippen LogP contribution in [-0.4, -0.2) is 53.6 Å². The number of hydrogen-bond acceptors (Lipinski definition) is 7. The van der Waals surface area contributed by atoms with Gasteiger partial charge in [0.1, 0.15) is 18.2 Å². The minimum atomic E-state index is -0.811. The van der Waals surface area contributed by atoms with Crippen LogP contribution in [0.2, 0.25) is 0 Å². The van der Waals surface area contributed by atoms with Crippen LogP contribution in [0.25, 0.3) is 0 Å². The van der Waals surface area contributed by atoms with Gasteiger partial charge >= 0.3 is 0 Å². The summed E-state index contributed by atoms with van der Waals surface area (Å²) in [7, 11) is 3.32. The number of rotatable bonds is 7. The number of aliphatic hydroxyl groups is 2. The Morgan fingerprint density at radius 1 is 1.41 bits per heavy atom. The van der Waals surface area contributed by atoms with E-state index in [9.17, 15) is 5.11 Å². The van der Waals surface area contributed by atoms with Gasteiger partial charge in [-0.25, -0.2) is 9.97 Å². The second-order valence-electron chi connectivity index (χ2n) is 3.45. The number of hydrogen-bond donors (Lipinski definition) is 4. The molecule has 0 spiro atoms. The zero-order valence-corrected chi connectivity index (χ0v) is 9.97. The smallest absolute Gasteiger partial charge is 0.158 e. The Labute approximate surface area is 99.9 Å². The quantitative estimate of drug-likeness (QED) is 0.508. The molecule has 17 heavy (non-hydrogen) atoms. The van der Waals surface area contributed by atoms with Gasteiger partial charge in [0.25, 0.3) is 0 Å². The van der Waals surface area contributed by atoms with Crippen LogP contribution in [-0.2, 0) is 11.3 Å². The van der Waals surface area contributed by atoms with Crippen molar-refractivity contribution >= 4 is 11.6 Å². The molecule has 1 aromatic heterocycles. The summed E-state index contributed by atoms with van der Waals surface area (Å²) in [6.45, 7) is 0.248. The summed E-state index contributed by atoms with van der Waals surface area (Å²) in [5, 5.41) is 23.7. The van der Waals surface area contributed by atoms with Gasteiger partial charge in [-0.05, 0) is 0 Å². The zero-order chi connectivity index (χ0) is 12.7. The molecule has 0 saturated heterocycles. The summed E-state index contributed by atoms with van der Waals surface area (Å²) in [5.41, 5.74) is 0. The van der Waals surface area contributed by atoms with Gasteiger partial charge in [-0.2, -0.15) is 0 Å². The van der Waals surface area contributed by atoms with Gasteiger partial charge in [0, 0.05) is 26.8 Å². The molecule has 1 aromatic rings. The van der Waals surface area contributed by atoms with Crippen LogP contribution in [0.3, 0.4) is 0 Å². The summed E-state index contributed by atoms with van der Waals surface area (Å²) in [4.78, 5) is 8.39. The maximum absolute atomic E-state index is 9.22. The topological polar surface area (TPSA) is 99.5 Å². The first-order valence-corrected chi connectivity index (χ1v) is 5.27. The van der Waals surface area contributed by atoms with E-state index in [1.165, 1.54) is 0 Å². The second-order valence-corrected chi connectivity index (χ2v) is 3.45. The number of nitrogens with one attached hydrogen (secondary N) is 2. The molecule has 0 saturated carbocycles. The molecule has 1 unspecified atom stereocenters. The number of aliphatic hydroxyl groups excluding tert-OH is 2. The second kappa shape index (κ2) is 7.00. The number of ether oxygens (including phenoxy) is 1. The maximum Gasteiger partial charge on any atom is 0.158 e. The molecule has 0 fully saturated rings. The maximum atomic E-state index is 9.22. The fourth-order valence-corrected chi connectivity index (χ4v) is 1.20. The van der Waals surface area contributed by atoms with Crippen LogP contribution >= 0.6 is 0 Å². The van der Waals surface area contributed by atoms with Gasteiger partial charge in [0.2, 0.25) is 0 Å². The fraction of sp³-hybridized carbons (Fsp3) is 0.600. The number of aromatic nitrogens is 2. The molecular weight excluding hydrogens is 224 g/mol. The minimum Gasteiger partial charge on any atom is -0.394 e. The van der Waals surface area contributed by atoms with Crippen molar-refractivity contribution in [2.75, 3.05) is 37.9 Å². The molecule has 0 aromatic carbocycles. The molecule has 0 radical (unpaired) electrons. The van der Waals surface area contributed by atoms with E-state index in [4.69, 9.17) is 9.84 Å². The summed E-state index contributed by atoms with van der Waals surface area (Å²) >= 11 is 0. The van der Waals surface area contributed by atoms with Crippen molar-refractivity contribution in [1.82, 2.24) is 9.97 Å². The lowest BCUT2D eigenvalue weighted by atomic mass is 10.3. The largest absolute Gasteiger partial charge is 0.394 e. The van der Waals surface area contributed by atoms with E-state index in [0.717, 1.165) is 0 Å². The average Bonchev–Trinajstić information content (AvgIpc) is 2.36. The van der Waals surface area contributed by atoms with E-state index in [0.29, 0.717) is 24.1 Å². The molecule has 7 nitrogen and oxygen atoms in total. The van der Waals surface area contributed by atoms with E-state index >= 15 is 0 Å². The van der Waals surface area contributed by atoms with Crippen molar-refractivity contribution in [3.8, 4) is 0 Å². The van der Waals surface area contributed by atoms with Crippen LogP contribution < -0.4 is 10.6 Å². The lowest BCUT2D eigenvalue weighted by molar-refractivity contribution is 0.105. The first-order chi connectivity index (χ1) is 8.19. The Balaban J connectivity index is 2.72. The highest BCUT2D eigenvalue weighted by atomic mass is 16.5. The molecule has 0 aliphatic heterocycles. The molecular formula is C10H18N4O3. The number of anilines is 2. The van der Waals surface area contributed by atoms with Crippen LogP contribution in [0.5, 0.6) is 0 Å². The number of nitrogens with zero attached hydrogens (tertiary/aromatic N) is 2. The van der Waals surface area contributed by atoms with Crippen molar-refractivity contribution in [2.24, 2.45) is 0 Å². The Kier molecular flexibility index (Phi) is 5.61. The van der Waals surface area contributed by atoms with Gasteiger partial charge in [-0.1, -0.05) is 0 Å². The molecule has 0 bridgehead atoms. The summed E-state index contributed by atoms with van der Waals surface area (Å²) in [6, 6.07) is 1.71. The molecule has 4 N–H and O–H groups in total. The van der Waals surface area contributed by atoms with Gasteiger partial charge in [0.15, 0.2) is 5.82 Å². The van der Waals surface area contributed by atoms with Crippen molar-refractivity contribution in [2.45, 2.75) is 12.7 Å². The molecule has 1 heterocycles. The highest BCUT2D eigenvalue weighted by molar-refractivity contribution is 5.47. The minimum absolute atomic E-state index is 0.225. The Hall–Kier alpha value is -1.44. The van der Waals surface area contributed by atoms with Gasteiger partial charge in [0.05, 0.1) is 12.7 Å². The monoisotopic (exact) mass is 242 g/mol. The molecule has 1 rings (SSSR count). The third-order valence-electron chi connectivity index (χ3n) is 2.03. The zero-order valence-electron chi connectivity index (χ0n) is 9.97. The molecule has 0 aliphatic rings. The average molecular weight is 242 g/mol. The summed E-state index contributed by atoms with van der Waals surface area (Å²) in [5.74, 6) is 1.78. The standard InChI is InChI=1S/C10H18N4O3/c1-11-8-3-9(12-4-7(16)5-15)14-10(13-8)6-17-2/h3,7,15-16H,4-6H2,1-2H3,(H2,11,12,13,14). The predicted molar refractivity (Wildman–Crippen MR) is 63.9 cm³/mol. The Morgan fingerprint density at radius 3 is 2.71 bits per heavy atom. The first-order valence-electron chi connectivity index (χ1n) is 5.27. The molecule has 1 atom stereocenters. The SMILES string of the molecule is CNc1cc(NCC(O)CO)nc(COC)n1. The van der Waals surface area contributed by atoms with Crippen molar-refractivity contribution in [3.05, 3.63) is 11.9 Å². The summed E-state index contributed by atoms with van der Waals surface area (Å²) < 4.78 is 4.96. The van der Waals surface area contributed by atoms with Gasteiger partial charge in [-0.15, -0.1) is 0 Å². The van der Waals surface area contributed by atoms with Gasteiger partial charge < -0.3 is 25.6 Å². The third-order valence-corrected chi connectivity index (χ3v) is 2.03. The highest BCUT2D eigenvalue weighted by Gasteiger charge is 2.06. The van der Waals surface area contributed by atoms with Crippen molar-refractivity contribution in [1.29, 1.82) is 0 Å². The highest BCUT2D eigenvalue weighted by Crippen LogP contribution is 2.11. The van der Waals surface area contributed by atoms with E-state index in [1.54, 1.807) is 20.2 Å². The van der Waals surface area contributed by atoms with Crippen LogP contribution in [0.1, 0.15) is 5.82 Å². The third kappa shape index (κ3) is 4.51. The molecule has 96 valence electrons. The van der Waals surface area contributed by atoms with Crippen molar-refractivity contribution in [3.63, 3.8) is 0 Å². The molecule has 0 amide bonds. The van der Waals surface area contributed by atoms with Crippen LogP contribution in [0, 0.1) is 0 Å². The summed E-state index contributed by atoms with van der Waals surface area (Å²) in [6.07, 6.45) is -0.811. The van der Waals surface area contributed by atoms with Crippen LogP contribution in [0.15, 0.2) is 6.07 Å².